The highest BCUT2D eigenvalue weighted by atomic mass is 16.5. The van der Waals surface area contributed by atoms with E-state index in [4.69, 9.17) is 9.47 Å². The van der Waals surface area contributed by atoms with Gasteiger partial charge in [0.1, 0.15) is 17.5 Å². The number of carbonyl (C=O) groups excluding carboxylic acids is 2. The van der Waals surface area contributed by atoms with Crippen LogP contribution in [0.5, 0.6) is 5.75 Å². The lowest BCUT2D eigenvalue weighted by molar-refractivity contribution is -0.149. The van der Waals surface area contributed by atoms with Crippen LogP contribution in [-0.4, -0.2) is 47.6 Å². The first-order valence-electron chi connectivity index (χ1n) is 9.90. The minimum Gasteiger partial charge on any atom is -0.492 e. The first-order valence-corrected chi connectivity index (χ1v) is 9.90. The molecule has 1 aromatic heterocycles. The molecule has 0 N–H and O–H groups in total. The number of amides is 1. The molecule has 2 heterocycles. The van der Waals surface area contributed by atoms with E-state index >= 15 is 0 Å². The van der Waals surface area contributed by atoms with E-state index in [1.54, 1.807) is 28.7 Å². The maximum absolute atomic E-state index is 13.3. The van der Waals surface area contributed by atoms with E-state index < -0.39 is 0 Å². The summed E-state index contributed by atoms with van der Waals surface area (Å²) in [5.74, 6) is 0.0385. The molecule has 0 atom stereocenters. The van der Waals surface area contributed by atoms with Crippen LogP contribution in [0.25, 0.3) is 5.69 Å². The molecule has 7 nitrogen and oxygen atoms in total. The van der Waals surface area contributed by atoms with Gasteiger partial charge in [-0.2, -0.15) is 5.26 Å². The molecule has 7 heteroatoms. The van der Waals surface area contributed by atoms with Crippen molar-refractivity contribution in [1.29, 1.82) is 5.26 Å². The predicted molar refractivity (Wildman–Crippen MR) is 107 cm³/mol. The van der Waals surface area contributed by atoms with Crippen LogP contribution < -0.4 is 4.74 Å². The average Bonchev–Trinajstić information content (AvgIpc) is 3.18. The Morgan fingerprint density at radius 2 is 1.86 bits per heavy atom. The topological polar surface area (TPSA) is 84.6 Å². The van der Waals surface area contributed by atoms with Crippen molar-refractivity contribution in [2.45, 2.75) is 26.7 Å². The van der Waals surface area contributed by atoms with Gasteiger partial charge in [-0.1, -0.05) is 12.1 Å². The number of carbonyl (C=O) groups is 2. The van der Waals surface area contributed by atoms with E-state index in [-0.39, 0.29) is 17.8 Å². The van der Waals surface area contributed by atoms with Crippen LogP contribution in [0.2, 0.25) is 0 Å². The summed E-state index contributed by atoms with van der Waals surface area (Å²) in [6.07, 6.45) is 2.83. The molecule has 1 fully saturated rings. The molecule has 1 aliphatic heterocycles. The van der Waals surface area contributed by atoms with Crippen molar-refractivity contribution in [3.63, 3.8) is 0 Å². The van der Waals surface area contributed by atoms with Crippen LogP contribution in [-0.2, 0) is 9.53 Å². The Hall–Kier alpha value is -3.27. The van der Waals surface area contributed by atoms with Crippen molar-refractivity contribution in [2.75, 3.05) is 26.3 Å². The third kappa shape index (κ3) is 4.27. The Balaban J connectivity index is 1.87. The second-order valence-corrected chi connectivity index (χ2v) is 6.78. The number of esters is 1. The lowest BCUT2D eigenvalue weighted by atomic mass is 9.96. The fraction of sp³-hybridized carbons (Fsp3) is 0.409. The van der Waals surface area contributed by atoms with E-state index in [0.717, 1.165) is 0 Å². The summed E-state index contributed by atoms with van der Waals surface area (Å²) in [4.78, 5) is 27.0. The van der Waals surface area contributed by atoms with Gasteiger partial charge in [-0.05, 0) is 44.9 Å². The molecule has 0 radical (unpaired) electrons. The zero-order valence-electron chi connectivity index (χ0n) is 16.8. The van der Waals surface area contributed by atoms with Gasteiger partial charge in [0, 0.05) is 19.3 Å². The largest absolute Gasteiger partial charge is 0.492 e. The van der Waals surface area contributed by atoms with Gasteiger partial charge >= 0.3 is 5.97 Å². The van der Waals surface area contributed by atoms with Gasteiger partial charge in [-0.25, -0.2) is 0 Å². The van der Waals surface area contributed by atoms with Crippen molar-refractivity contribution in [1.82, 2.24) is 9.47 Å². The van der Waals surface area contributed by atoms with E-state index in [0.29, 0.717) is 61.8 Å². The summed E-state index contributed by atoms with van der Waals surface area (Å²) in [5.41, 5.74) is 1.34. The van der Waals surface area contributed by atoms with Gasteiger partial charge < -0.3 is 18.9 Å². The lowest BCUT2D eigenvalue weighted by Crippen LogP contribution is -2.41. The van der Waals surface area contributed by atoms with Crippen molar-refractivity contribution >= 4 is 11.9 Å². The number of aromatic nitrogens is 1. The minimum absolute atomic E-state index is 0.181. The van der Waals surface area contributed by atoms with E-state index in [9.17, 15) is 14.9 Å². The second-order valence-electron chi connectivity index (χ2n) is 6.78. The summed E-state index contributed by atoms with van der Waals surface area (Å²) < 4.78 is 12.5. The van der Waals surface area contributed by atoms with Crippen LogP contribution in [0.4, 0.5) is 0 Å². The number of likely N-dealkylation sites (tertiary alicyclic amines) is 1. The smallest absolute Gasteiger partial charge is 0.309 e. The molecular weight excluding hydrogens is 370 g/mol. The molecule has 1 amide bonds. The van der Waals surface area contributed by atoms with Crippen molar-refractivity contribution in [3.8, 4) is 17.5 Å². The Morgan fingerprint density at radius 3 is 2.52 bits per heavy atom. The molecule has 1 aliphatic rings. The number of para-hydroxylation sites is 2. The maximum Gasteiger partial charge on any atom is 0.309 e. The third-order valence-electron chi connectivity index (χ3n) is 5.04. The van der Waals surface area contributed by atoms with Crippen LogP contribution >= 0.6 is 0 Å². The third-order valence-corrected chi connectivity index (χ3v) is 5.04. The standard InChI is InChI=1S/C22H25N3O4/c1-3-28-19-8-6-5-7-18(19)25-14-11-17(15-23)20(25)21(26)24-12-9-16(10-13-24)22(27)29-4-2/h5-8,11,14,16H,3-4,9-10,12-13H2,1-2H3. The number of nitriles is 1. The zero-order valence-corrected chi connectivity index (χ0v) is 16.8. The quantitative estimate of drug-likeness (QED) is 0.702. The SMILES string of the molecule is CCOC(=O)C1CCN(C(=O)c2c(C#N)ccn2-c2ccccc2OCC)CC1. The number of rotatable bonds is 6. The highest BCUT2D eigenvalue weighted by Crippen LogP contribution is 2.28. The van der Waals surface area contributed by atoms with E-state index in [1.165, 1.54) is 0 Å². The van der Waals surface area contributed by atoms with Gasteiger partial charge in [0.2, 0.25) is 0 Å². The fourth-order valence-corrected chi connectivity index (χ4v) is 3.60. The Bertz CT molecular complexity index is 920. The van der Waals surface area contributed by atoms with Crippen LogP contribution in [0.1, 0.15) is 42.7 Å². The molecule has 1 saturated heterocycles. The predicted octanol–water partition coefficient (Wildman–Crippen LogP) is 3.16. The van der Waals surface area contributed by atoms with Crippen molar-refractivity contribution < 1.29 is 19.1 Å². The maximum atomic E-state index is 13.3. The Labute approximate surface area is 170 Å². The molecule has 0 saturated carbocycles. The van der Waals surface area contributed by atoms with Gasteiger partial charge in [0.05, 0.1) is 30.4 Å². The zero-order chi connectivity index (χ0) is 20.8. The summed E-state index contributed by atoms with van der Waals surface area (Å²) in [5, 5.41) is 9.55. The number of hydrogen-bond acceptors (Lipinski definition) is 5. The highest BCUT2D eigenvalue weighted by Gasteiger charge is 2.31. The number of benzene rings is 1. The van der Waals surface area contributed by atoms with E-state index in [1.807, 2.05) is 31.2 Å². The van der Waals surface area contributed by atoms with Crippen molar-refractivity contribution in [2.24, 2.45) is 5.92 Å². The minimum atomic E-state index is -0.222. The molecule has 2 aromatic rings. The van der Waals surface area contributed by atoms with Crippen LogP contribution in [0.15, 0.2) is 36.5 Å². The monoisotopic (exact) mass is 395 g/mol. The number of ether oxygens (including phenoxy) is 2. The number of nitrogens with zero attached hydrogens (tertiary/aromatic N) is 3. The number of hydrogen-bond donors (Lipinski definition) is 0. The molecule has 152 valence electrons. The normalized spacial score (nSPS) is 14.3. The first kappa shape index (κ1) is 20.5. The first-order chi connectivity index (χ1) is 14.1. The van der Waals surface area contributed by atoms with Gasteiger partial charge in [-0.3, -0.25) is 9.59 Å². The summed E-state index contributed by atoms with van der Waals surface area (Å²) in [6.45, 7) is 5.43. The molecule has 29 heavy (non-hydrogen) atoms. The molecule has 0 bridgehead atoms. The molecular formula is C22H25N3O4. The van der Waals surface area contributed by atoms with Crippen LogP contribution in [0.3, 0.4) is 0 Å². The molecule has 0 spiro atoms. The second kappa shape index (κ2) is 9.28. The average molecular weight is 395 g/mol. The Kier molecular flexibility index (Phi) is 6.55. The fourth-order valence-electron chi connectivity index (χ4n) is 3.60. The van der Waals surface area contributed by atoms with Crippen LogP contribution in [0, 0.1) is 17.2 Å². The molecule has 0 aliphatic carbocycles. The Morgan fingerprint density at radius 1 is 1.14 bits per heavy atom. The van der Waals surface area contributed by atoms with Gasteiger partial charge in [0.25, 0.3) is 5.91 Å². The summed E-state index contributed by atoms with van der Waals surface area (Å²) in [7, 11) is 0. The van der Waals surface area contributed by atoms with Gasteiger partial charge in [0.15, 0.2) is 0 Å². The molecule has 0 unspecified atom stereocenters. The molecule has 3 rings (SSSR count). The summed E-state index contributed by atoms with van der Waals surface area (Å²) in [6, 6.07) is 11.2. The summed E-state index contributed by atoms with van der Waals surface area (Å²) >= 11 is 0. The lowest BCUT2D eigenvalue weighted by Gasteiger charge is -2.31. The van der Waals surface area contributed by atoms with E-state index in [2.05, 4.69) is 6.07 Å². The van der Waals surface area contributed by atoms with Gasteiger partial charge in [-0.15, -0.1) is 0 Å². The molecule has 1 aromatic carbocycles. The number of piperidine rings is 1. The highest BCUT2D eigenvalue weighted by molar-refractivity contribution is 5.96. The van der Waals surface area contributed by atoms with Crippen molar-refractivity contribution in [3.05, 3.63) is 47.8 Å².